The van der Waals surface area contributed by atoms with E-state index in [2.05, 4.69) is 24.1 Å². The van der Waals surface area contributed by atoms with Gasteiger partial charge in [0.25, 0.3) is 0 Å². The Morgan fingerprint density at radius 3 is 2.44 bits per heavy atom. The van der Waals surface area contributed by atoms with Crippen LogP contribution in [0.2, 0.25) is 0 Å². The summed E-state index contributed by atoms with van der Waals surface area (Å²) in [6.07, 6.45) is 3.03. The van der Waals surface area contributed by atoms with Crippen molar-refractivity contribution < 1.29 is 4.79 Å². The van der Waals surface area contributed by atoms with Crippen LogP contribution in [0.15, 0.2) is 0 Å². The number of nitrogens with zero attached hydrogens (tertiary/aromatic N) is 2. The van der Waals surface area contributed by atoms with Crippen LogP contribution in [0.25, 0.3) is 0 Å². The minimum Gasteiger partial charge on any atom is -0.349 e. The Kier molecular flexibility index (Phi) is 6.65. The van der Waals surface area contributed by atoms with Crippen molar-refractivity contribution in [1.29, 1.82) is 0 Å². The molecular weight excluding hydrogens is 226 g/mol. The van der Waals surface area contributed by atoms with Gasteiger partial charge in [0, 0.05) is 39.6 Å². The van der Waals surface area contributed by atoms with Crippen molar-refractivity contribution in [3.8, 4) is 0 Å². The Morgan fingerprint density at radius 1 is 1.33 bits per heavy atom. The lowest BCUT2D eigenvalue weighted by atomic mass is 10.0. The summed E-state index contributed by atoms with van der Waals surface area (Å²) in [6, 6.07) is 0.600. The molecule has 0 saturated carbocycles. The van der Waals surface area contributed by atoms with Crippen molar-refractivity contribution in [2.24, 2.45) is 5.92 Å². The molecule has 4 nitrogen and oxygen atoms in total. The molecule has 0 spiro atoms. The second kappa shape index (κ2) is 7.74. The minimum atomic E-state index is 0.208. The number of nitrogens with one attached hydrogen (secondary N) is 1. The monoisotopic (exact) mass is 255 g/mol. The van der Waals surface area contributed by atoms with Crippen LogP contribution in [-0.2, 0) is 4.79 Å². The fourth-order valence-electron chi connectivity index (χ4n) is 2.44. The fraction of sp³-hybridized carbons (Fsp3) is 0.929. The largest absolute Gasteiger partial charge is 0.349 e. The second-order valence-electron chi connectivity index (χ2n) is 5.96. The summed E-state index contributed by atoms with van der Waals surface area (Å²) in [5.41, 5.74) is 0. The lowest BCUT2D eigenvalue weighted by molar-refractivity contribution is -0.128. The average molecular weight is 255 g/mol. The van der Waals surface area contributed by atoms with E-state index in [0.717, 1.165) is 12.5 Å². The van der Waals surface area contributed by atoms with E-state index in [1.807, 2.05) is 14.1 Å². The van der Waals surface area contributed by atoms with Crippen LogP contribution in [0.5, 0.6) is 0 Å². The maximum atomic E-state index is 11.4. The van der Waals surface area contributed by atoms with Crippen LogP contribution in [0.3, 0.4) is 0 Å². The molecule has 18 heavy (non-hydrogen) atoms. The van der Waals surface area contributed by atoms with Gasteiger partial charge < -0.3 is 15.1 Å². The van der Waals surface area contributed by atoms with E-state index in [9.17, 15) is 4.79 Å². The normalized spacial score (nSPS) is 18.3. The van der Waals surface area contributed by atoms with E-state index >= 15 is 0 Å². The first-order valence-corrected chi connectivity index (χ1v) is 7.15. The van der Waals surface area contributed by atoms with Crippen LogP contribution in [0.4, 0.5) is 0 Å². The maximum Gasteiger partial charge on any atom is 0.223 e. The molecular formula is C14H29N3O. The quantitative estimate of drug-likeness (QED) is 0.774. The number of carbonyl (C=O) groups is 1. The number of hydrogen-bond donors (Lipinski definition) is 1. The summed E-state index contributed by atoms with van der Waals surface area (Å²) < 4.78 is 0. The van der Waals surface area contributed by atoms with Gasteiger partial charge >= 0.3 is 0 Å². The van der Waals surface area contributed by atoms with Crippen LogP contribution >= 0.6 is 0 Å². The summed E-state index contributed by atoms with van der Waals surface area (Å²) in [6.45, 7) is 8.96. The number of rotatable bonds is 6. The molecule has 0 radical (unpaired) electrons. The predicted octanol–water partition coefficient (Wildman–Crippen LogP) is 1.17. The molecule has 0 aromatic rings. The summed E-state index contributed by atoms with van der Waals surface area (Å²) >= 11 is 0. The zero-order chi connectivity index (χ0) is 13.5. The Balaban J connectivity index is 2.10. The molecule has 1 saturated heterocycles. The Morgan fingerprint density at radius 2 is 1.94 bits per heavy atom. The third kappa shape index (κ3) is 5.83. The topological polar surface area (TPSA) is 35.6 Å². The van der Waals surface area contributed by atoms with Crippen LogP contribution in [0, 0.1) is 5.92 Å². The Bertz CT molecular complexity index is 245. The summed E-state index contributed by atoms with van der Waals surface area (Å²) in [5, 5.41) is 3.51. The summed E-state index contributed by atoms with van der Waals surface area (Å²) in [5.74, 6) is 0.965. The summed E-state index contributed by atoms with van der Waals surface area (Å²) in [4.78, 5) is 15.6. The van der Waals surface area contributed by atoms with Crippen molar-refractivity contribution in [3.05, 3.63) is 0 Å². The smallest absolute Gasteiger partial charge is 0.223 e. The Hall–Kier alpha value is -0.610. The highest BCUT2D eigenvalue weighted by Gasteiger charge is 2.19. The molecule has 0 bridgehead atoms. The van der Waals surface area contributed by atoms with Gasteiger partial charge in [-0.15, -0.1) is 0 Å². The molecule has 1 heterocycles. The molecule has 0 aromatic carbocycles. The lowest BCUT2D eigenvalue weighted by Gasteiger charge is -2.33. The van der Waals surface area contributed by atoms with Gasteiger partial charge in [0.2, 0.25) is 5.91 Å². The van der Waals surface area contributed by atoms with Crippen molar-refractivity contribution >= 4 is 5.91 Å². The molecule has 106 valence electrons. The molecule has 1 aliphatic heterocycles. The van der Waals surface area contributed by atoms with E-state index in [1.54, 1.807) is 4.90 Å². The molecule has 1 N–H and O–H groups in total. The molecule has 1 aliphatic rings. The SMILES string of the molecule is CC(C)CN1CCC(NCCC(=O)N(C)C)CC1. The van der Waals surface area contributed by atoms with Gasteiger partial charge in [-0.25, -0.2) is 0 Å². The van der Waals surface area contributed by atoms with Gasteiger partial charge in [0.15, 0.2) is 0 Å². The van der Waals surface area contributed by atoms with Crippen molar-refractivity contribution in [3.63, 3.8) is 0 Å². The van der Waals surface area contributed by atoms with Crippen LogP contribution in [0.1, 0.15) is 33.1 Å². The van der Waals surface area contributed by atoms with E-state index < -0.39 is 0 Å². The number of hydrogen-bond acceptors (Lipinski definition) is 3. The minimum absolute atomic E-state index is 0.208. The fourth-order valence-corrected chi connectivity index (χ4v) is 2.44. The molecule has 0 aromatic heterocycles. The van der Waals surface area contributed by atoms with Gasteiger partial charge in [0.1, 0.15) is 0 Å². The highest BCUT2D eigenvalue weighted by atomic mass is 16.2. The van der Waals surface area contributed by atoms with Gasteiger partial charge in [-0.1, -0.05) is 13.8 Å². The number of likely N-dealkylation sites (tertiary alicyclic amines) is 1. The highest BCUT2D eigenvalue weighted by molar-refractivity contribution is 5.75. The highest BCUT2D eigenvalue weighted by Crippen LogP contribution is 2.11. The zero-order valence-electron chi connectivity index (χ0n) is 12.4. The van der Waals surface area contributed by atoms with Crippen molar-refractivity contribution in [2.75, 3.05) is 40.3 Å². The van der Waals surface area contributed by atoms with E-state index in [0.29, 0.717) is 12.5 Å². The maximum absolute atomic E-state index is 11.4. The molecule has 0 atom stereocenters. The van der Waals surface area contributed by atoms with Gasteiger partial charge in [-0.2, -0.15) is 0 Å². The second-order valence-corrected chi connectivity index (χ2v) is 5.96. The molecule has 1 fully saturated rings. The average Bonchev–Trinajstić information content (AvgIpc) is 2.30. The van der Waals surface area contributed by atoms with Crippen molar-refractivity contribution in [2.45, 2.75) is 39.2 Å². The number of carbonyl (C=O) groups excluding carboxylic acids is 1. The number of amides is 1. The first kappa shape index (κ1) is 15.4. The third-order valence-corrected chi connectivity index (χ3v) is 3.48. The summed E-state index contributed by atoms with van der Waals surface area (Å²) in [7, 11) is 3.62. The number of piperidine rings is 1. The van der Waals surface area contributed by atoms with Crippen LogP contribution < -0.4 is 5.32 Å². The molecule has 1 amide bonds. The van der Waals surface area contributed by atoms with E-state index in [4.69, 9.17) is 0 Å². The van der Waals surface area contributed by atoms with E-state index in [-0.39, 0.29) is 5.91 Å². The Labute approximate surface area is 112 Å². The molecule has 4 heteroatoms. The van der Waals surface area contributed by atoms with Gasteiger partial charge in [0.05, 0.1) is 0 Å². The van der Waals surface area contributed by atoms with Crippen molar-refractivity contribution in [1.82, 2.24) is 15.1 Å². The van der Waals surface area contributed by atoms with Gasteiger partial charge in [-0.3, -0.25) is 4.79 Å². The van der Waals surface area contributed by atoms with E-state index in [1.165, 1.54) is 32.5 Å². The molecule has 0 aliphatic carbocycles. The molecule has 1 rings (SSSR count). The predicted molar refractivity (Wildman–Crippen MR) is 75.6 cm³/mol. The lowest BCUT2D eigenvalue weighted by Crippen LogP contribution is -2.44. The van der Waals surface area contributed by atoms with Crippen LogP contribution in [-0.4, -0.2) is 62.0 Å². The standard InChI is InChI=1S/C14H29N3O/c1-12(2)11-17-9-6-13(7-10-17)15-8-5-14(18)16(3)4/h12-13,15H,5-11H2,1-4H3. The third-order valence-electron chi connectivity index (χ3n) is 3.48. The first-order valence-electron chi connectivity index (χ1n) is 7.15. The molecule has 0 unspecified atom stereocenters. The van der Waals surface area contributed by atoms with Gasteiger partial charge in [-0.05, 0) is 31.8 Å². The first-order chi connectivity index (χ1) is 8.49. The zero-order valence-corrected chi connectivity index (χ0v) is 12.4.